The summed E-state index contributed by atoms with van der Waals surface area (Å²) >= 11 is 5.90. The average Bonchev–Trinajstić information content (AvgIpc) is 2.43. The average molecular weight is 293 g/mol. The number of nitrogens with zero attached hydrogens (tertiary/aromatic N) is 1. The van der Waals surface area contributed by atoms with Crippen molar-refractivity contribution >= 4 is 23.0 Å². The fraction of sp³-hybridized carbons (Fsp3) is 0.143. The van der Waals surface area contributed by atoms with Crippen molar-refractivity contribution in [3.05, 3.63) is 62.7 Å². The minimum absolute atomic E-state index is 0.148. The quantitative estimate of drug-likeness (QED) is 0.532. The van der Waals surface area contributed by atoms with Crippen LogP contribution in [0.1, 0.15) is 11.1 Å². The highest BCUT2D eigenvalue weighted by Gasteiger charge is 2.16. The van der Waals surface area contributed by atoms with Crippen LogP contribution in [0.5, 0.6) is 5.75 Å². The van der Waals surface area contributed by atoms with Crippen LogP contribution in [0, 0.1) is 10.1 Å². The van der Waals surface area contributed by atoms with Gasteiger partial charge in [-0.3, -0.25) is 10.1 Å². The summed E-state index contributed by atoms with van der Waals surface area (Å²) in [5, 5.41) is 11.2. The van der Waals surface area contributed by atoms with Crippen molar-refractivity contribution in [2.75, 3.05) is 12.8 Å². The molecular formula is C14H13ClN2O3. The second-order valence-electron chi connectivity index (χ2n) is 4.28. The molecule has 0 heterocycles. The van der Waals surface area contributed by atoms with Gasteiger partial charge in [0.2, 0.25) is 0 Å². The topological polar surface area (TPSA) is 78.4 Å². The van der Waals surface area contributed by atoms with E-state index in [0.29, 0.717) is 17.0 Å². The van der Waals surface area contributed by atoms with Crippen LogP contribution >= 0.6 is 11.6 Å². The van der Waals surface area contributed by atoms with E-state index >= 15 is 0 Å². The Hall–Kier alpha value is -2.27. The van der Waals surface area contributed by atoms with Gasteiger partial charge >= 0.3 is 0 Å². The first kappa shape index (κ1) is 14.1. The molecule has 2 aromatic carbocycles. The van der Waals surface area contributed by atoms with Gasteiger partial charge in [0.25, 0.3) is 5.69 Å². The molecule has 2 rings (SSSR count). The zero-order chi connectivity index (χ0) is 14.7. The van der Waals surface area contributed by atoms with E-state index in [2.05, 4.69) is 0 Å². The normalized spacial score (nSPS) is 10.3. The molecule has 6 heteroatoms. The Balaban J connectivity index is 2.35. The van der Waals surface area contributed by atoms with Gasteiger partial charge in [-0.2, -0.15) is 0 Å². The Labute approximate surface area is 121 Å². The second kappa shape index (κ2) is 5.79. The number of methoxy groups -OCH3 is 1. The number of anilines is 1. The van der Waals surface area contributed by atoms with Crippen LogP contribution < -0.4 is 10.5 Å². The Bertz CT molecular complexity index is 642. The minimum Gasteiger partial charge on any atom is -0.497 e. The summed E-state index contributed by atoms with van der Waals surface area (Å²) in [5.74, 6) is 0.749. The molecule has 0 unspecified atom stereocenters. The lowest BCUT2D eigenvalue weighted by molar-refractivity contribution is -0.383. The van der Waals surface area contributed by atoms with E-state index in [9.17, 15) is 10.1 Å². The third kappa shape index (κ3) is 3.00. The first-order chi connectivity index (χ1) is 9.51. The van der Waals surface area contributed by atoms with Gasteiger partial charge in [-0.25, -0.2) is 0 Å². The summed E-state index contributed by atoms with van der Waals surface area (Å²) in [6.07, 6.45) is 0.469. The molecule has 0 aliphatic heterocycles. The van der Waals surface area contributed by atoms with Crippen molar-refractivity contribution in [1.29, 1.82) is 0 Å². The predicted molar refractivity (Wildman–Crippen MR) is 78.3 cm³/mol. The van der Waals surface area contributed by atoms with Crippen LogP contribution in [-0.4, -0.2) is 12.0 Å². The van der Waals surface area contributed by atoms with Gasteiger partial charge in [0.15, 0.2) is 0 Å². The standard InChI is InChI=1S/C14H13ClN2O3/c1-20-12-4-2-9(3-5-12)6-10-7-11(15)8-13(14(10)16)17(18)19/h2-5,7-8H,6,16H2,1H3. The number of hydrogen-bond donors (Lipinski definition) is 1. The van der Waals surface area contributed by atoms with Crippen molar-refractivity contribution < 1.29 is 9.66 Å². The molecule has 20 heavy (non-hydrogen) atoms. The molecule has 0 spiro atoms. The number of benzene rings is 2. The molecule has 5 nitrogen and oxygen atoms in total. The number of hydrogen-bond acceptors (Lipinski definition) is 4. The third-order valence-electron chi connectivity index (χ3n) is 2.96. The maximum Gasteiger partial charge on any atom is 0.293 e. The van der Waals surface area contributed by atoms with E-state index in [4.69, 9.17) is 22.1 Å². The van der Waals surface area contributed by atoms with Crippen molar-refractivity contribution in [3.63, 3.8) is 0 Å². The molecule has 104 valence electrons. The minimum atomic E-state index is -0.529. The fourth-order valence-electron chi connectivity index (χ4n) is 1.92. The molecule has 0 amide bonds. The molecule has 0 radical (unpaired) electrons. The summed E-state index contributed by atoms with van der Waals surface area (Å²) in [5.41, 5.74) is 7.42. The van der Waals surface area contributed by atoms with E-state index in [-0.39, 0.29) is 11.4 Å². The highest BCUT2D eigenvalue weighted by atomic mass is 35.5. The summed E-state index contributed by atoms with van der Waals surface area (Å²) in [7, 11) is 1.59. The lowest BCUT2D eigenvalue weighted by atomic mass is 10.0. The Morgan fingerprint density at radius 2 is 1.95 bits per heavy atom. The molecule has 0 aromatic heterocycles. The van der Waals surface area contributed by atoms with Crippen LogP contribution in [0.15, 0.2) is 36.4 Å². The lowest BCUT2D eigenvalue weighted by Crippen LogP contribution is -2.01. The van der Waals surface area contributed by atoms with Crippen molar-refractivity contribution in [3.8, 4) is 5.75 Å². The Kier molecular flexibility index (Phi) is 4.10. The van der Waals surface area contributed by atoms with Gasteiger partial charge in [0.1, 0.15) is 11.4 Å². The number of nitrogens with two attached hydrogens (primary N) is 1. The van der Waals surface area contributed by atoms with E-state index in [1.54, 1.807) is 13.2 Å². The molecule has 0 saturated carbocycles. The van der Waals surface area contributed by atoms with Gasteiger partial charge in [-0.15, -0.1) is 0 Å². The Morgan fingerprint density at radius 3 is 2.50 bits per heavy atom. The number of nitrogen functional groups attached to an aromatic ring is 1. The van der Waals surface area contributed by atoms with Crippen LogP contribution in [0.4, 0.5) is 11.4 Å². The third-order valence-corrected chi connectivity index (χ3v) is 3.18. The number of nitro benzene ring substituents is 1. The van der Waals surface area contributed by atoms with Crippen LogP contribution in [-0.2, 0) is 6.42 Å². The maximum absolute atomic E-state index is 10.9. The van der Waals surface area contributed by atoms with Crippen molar-refractivity contribution in [2.45, 2.75) is 6.42 Å². The predicted octanol–water partition coefficient (Wildman–Crippen LogP) is 3.43. The van der Waals surface area contributed by atoms with Gasteiger partial charge in [-0.1, -0.05) is 23.7 Å². The molecule has 2 N–H and O–H groups in total. The van der Waals surface area contributed by atoms with Crippen LogP contribution in [0.2, 0.25) is 5.02 Å². The lowest BCUT2D eigenvalue weighted by Gasteiger charge is -2.08. The molecule has 0 aliphatic rings. The van der Waals surface area contributed by atoms with E-state index in [1.165, 1.54) is 6.07 Å². The van der Waals surface area contributed by atoms with Gasteiger partial charge in [-0.05, 0) is 35.7 Å². The second-order valence-corrected chi connectivity index (χ2v) is 4.72. The highest BCUT2D eigenvalue weighted by Crippen LogP contribution is 2.31. The summed E-state index contributed by atoms with van der Waals surface area (Å²) < 4.78 is 5.08. The van der Waals surface area contributed by atoms with Crippen LogP contribution in [0.25, 0.3) is 0 Å². The molecule has 0 aliphatic carbocycles. The first-order valence-corrected chi connectivity index (χ1v) is 6.24. The molecule has 0 bridgehead atoms. The summed E-state index contributed by atoms with van der Waals surface area (Å²) in [6, 6.07) is 10.3. The number of rotatable bonds is 4. The van der Waals surface area contributed by atoms with E-state index in [0.717, 1.165) is 11.3 Å². The molecule has 0 atom stereocenters. The molecule has 0 saturated heterocycles. The van der Waals surface area contributed by atoms with Crippen molar-refractivity contribution in [1.82, 2.24) is 0 Å². The number of ether oxygens (including phenoxy) is 1. The number of halogens is 1. The number of nitro groups is 1. The smallest absolute Gasteiger partial charge is 0.293 e. The fourth-order valence-corrected chi connectivity index (χ4v) is 2.15. The first-order valence-electron chi connectivity index (χ1n) is 5.86. The zero-order valence-corrected chi connectivity index (χ0v) is 11.6. The Morgan fingerprint density at radius 1 is 1.30 bits per heavy atom. The summed E-state index contributed by atoms with van der Waals surface area (Å²) in [6.45, 7) is 0. The highest BCUT2D eigenvalue weighted by molar-refractivity contribution is 6.31. The molecular weight excluding hydrogens is 280 g/mol. The van der Waals surface area contributed by atoms with Gasteiger partial charge in [0, 0.05) is 11.1 Å². The van der Waals surface area contributed by atoms with E-state index < -0.39 is 4.92 Å². The van der Waals surface area contributed by atoms with Gasteiger partial charge < -0.3 is 10.5 Å². The molecule has 0 fully saturated rings. The molecule has 2 aromatic rings. The SMILES string of the molecule is COc1ccc(Cc2cc(Cl)cc([N+](=O)[O-])c2N)cc1. The maximum atomic E-state index is 10.9. The van der Waals surface area contributed by atoms with Crippen LogP contribution in [0.3, 0.4) is 0 Å². The zero-order valence-electron chi connectivity index (χ0n) is 10.8. The monoisotopic (exact) mass is 292 g/mol. The van der Waals surface area contributed by atoms with Gasteiger partial charge in [0.05, 0.1) is 12.0 Å². The van der Waals surface area contributed by atoms with Crippen molar-refractivity contribution in [2.24, 2.45) is 0 Å². The van der Waals surface area contributed by atoms with E-state index in [1.807, 2.05) is 24.3 Å². The summed E-state index contributed by atoms with van der Waals surface area (Å²) in [4.78, 5) is 10.4. The largest absolute Gasteiger partial charge is 0.497 e.